The van der Waals surface area contributed by atoms with Gasteiger partial charge < -0.3 is 4.74 Å². The lowest BCUT2D eigenvalue weighted by Crippen LogP contribution is -2.18. The van der Waals surface area contributed by atoms with Crippen LogP contribution in [0.5, 0.6) is 11.5 Å². The van der Waals surface area contributed by atoms with Gasteiger partial charge in [0.2, 0.25) is 5.91 Å². The van der Waals surface area contributed by atoms with Crippen molar-refractivity contribution in [3.8, 4) is 11.5 Å². The number of carbonyl (C=O) groups is 2. The van der Waals surface area contributed by atoms with E-state index in [9.17, 15) is 9.59 Å². The van der Waals surface area contributed by atoms with Gasteiger partial charge in [0.05, 0.1) is 6.42 Å². The standard InChI is InChI=1S/C18H17NO4/c1-13(20)10-15(12-18(21)19-22)14-6-5-9-17(11-14)23-16-7-3-2-4-8-16/h2-11,22H,12H2,1H3,(H,19,21). The van der Waals surface area contributed by atoms with Gasteiger partial charge in [-0.15, -0.1) is 0 Å². The lowest BCUT2D eigenvalue weighted by atomic mass is 10.0. The molecule has 0 aromatic heterocycles. The number of hydroxylamine groups is 1. The Hall–Kier alpha value is -2.92. The van der Waals surface area contributed by atoms with E-state index in [0.717, 1.165) is 0 Å². The average Bonchev–Trinajstić information content (AvgIpc) is 2.55. The number of carbonyl (C=O) groups excluding carboxylic acids is 2. The maximum absolute atomic E-state index is 11.4. The number of hydrogen-bond donors (Lipinski definition) is 2. The number of nitrogens with one attached hydrogen (secondary N) is 1. The number of ether oxygens (including phenoxy) is 1. The summed E-state index contributed by atoms with van der Waals surface area (Å²) in [6.07, 6.45) is 1.27. The van der Waals surface area contributed by atoms with E-state index < -0.39 is 5.91 Å². The number of allylic oxidation sites excluding steroid dienone is 1. The lowest BCUT2D eigenvalue weighted by molar-refractivity contribution is -0.128. The number of benzene rings is 2. The van der Waals surface area contributed by atoms with E-state index in [1.807, 2.05) is 30.3 Å². The number of ketones is 1. The van der Waals surface area contributed by atoms with Crippen molar-refractivity contribution < 1.29 is 19.5 Å². The Bertz CT molecular complexity index is 723. The molecule has 0 fully saturated rings. The van der Waals surface area contributed by atoms with Crippen molar-refractivity contribution in [1.82, 2.24) is 5.48 Å². The van der Waals surface area contributed by atoms with E-state index >= 15 is 0 Å². The minimum Gasteiger partial charge on any atom is -0.457 e. The maximum Gasteiger partial charge on any atom is 0.247 e. The van der Waals surface area contributed by atoms with Crippen LogP contribution in [0.2, 0.25) is 0 Å². The van der Waals surface area contributed by atoms with Crippen molar-refractivity contribution in [3.63, 3.8) is 0 Å². The first kappa shape index (κ1) is 16.5. The molecule has 2 N–H and O–H groups in total. The Morgan fingerprint density at radius 3 is 2.43 bits per heavy atom. The molecule has 0 aliphatic rings. The predicted molar refractivity (Wildman–Crippen MR) is 86.2 cm³/mol. The highest BCUT2D eigenvalue weighted by molar-refractivity contribution is 5.99. The fourth-order valence-electron chi connectivity index (χ4n) is 2.08. The number of hydrogen-bond acceptors (Lipinski definition) is 4. The van der Waals surface area contributed by atoms with Gasteiger partial charge in [-0.1, -0.05) is 30.3 Å². The predicted octanol–water partition coefficient (Wildman–Crippen LogP) is 3.35. The molecule has 5 nitrogen and oxygen atoms in total. The maximum atomic E-state index is 11.4. The summed E-state index contributed by atoms with van der Waals surface area (Å²) < 4.78 is 5.74. The van der Waals surface area contributed by atoms with Crippen LogP contribution in [0.4, 0.5) is 0 Å². The Morgan fingerprint density at radius 1 is 1.09 bits per heavy atom. The Balaban J connectivity index is 2.28. The van der Waals surface area contributed by atoms with Crippen molar-refractivity contribution in [2.75, 3.05) is 0 Å². The van der Waals surface area contributed by atoms with Crippen LogP contribution in [-0.4, -0.2) is 16.9 Å². The molecule has 5 heteroatoms. The zero-order valence-corrected chi connectivity index (χ0v) is 12.7. The molecule has 0 aliphatic heterocycles. The smallest absolute Gasteiger partial charge is 0.247 e. The molecule has 118 valence electrons. The summed E-state index contributed by atoms with van der Waals surface area (Å²) in [5.74, 6) is 0.509. The lowest BCUT2D eigenvalue weighted by Gasteiger charge is -2.10. The second-order valence-corrected chi connectivity index (χ2v) is 4.93. The fraction of sp³-hybridized carbons (Fsp3) is 0.111. The Kier molecular flexibility index (Phi) is 5.66. The number of amides is 1. The molecule has 0 unspecified atom stereocenters. The summed E-state index contributed by atoms with van der Waals surface area (Å²) in [6, 6.07) is 16.4. The van der Waals surface area contributed by atoms with Crippen LogP contribution in [0.1, 0.15) is 18.9 Å². The zero-order valence-electron chi connectivity index (χ0n) is 12.7. The summed E-state index contributed by atoms with van der Waals surface area (Å²) in [4.78, 5) is 22.8. The largest absolute Gasteiger partial charge is 0.457 e. The van der Waals surface area contributed by atoms with Gasteiger partial charge in [0.1, 0.15) is 11.5 Å². The van der Waals surface area contributed by atoms with Gasteiger partial charge in [-0.05, 0) is 48.4 Å². The summed E-state index contributed by atoms with van der Waals surface area (Å²) in [7, 11) is 0. The molecule has 0 heterocycles. The highest BCUT2D eigenvalue weighted by Gasteiger charge is 2.10. The molecule has 0 radical (unpaired) electrons. The first-order valence-corrected chi connectivity index (χ1v) is 7.06. The van der Waals surface area contributed by atoms with Crippen LogP contribution in [0, 0.1) is 0 Å². The van der Waals surface area contributed by atoms with Gasteiger partial charge in [0.25, 0.3) is 0 Å². The Labute approximate surface area is 134 Å². The normalized spacial score (nSPS) is 11.0. The molecule has 0 bridgehead atoms. The van der Waals surface area contributed by atoms with Gasteiger partial charge in [0.15, 0.2) is 5.78 Å². The summed E-state index contributed by atoms with van der Waals surface area (Å²) in [6.45, 7) is 1.40. The molecule has 23 heavy (non-hydrogen) atoms. The van der Waals surface area contributed by atoms with Crippen molar-refractivity contribution in [2.45, 2.75) is 13.3 Å². The minimum absolute atomic E-state index is 0.106. The molecular weight excluding hydrogens is 294 g/mol. The first-order chi connectivity index (χ1) is 11.1. The van der Waals surface area contributed by atoms with Crippen LogP contribution in [0.15, 0.2) is 60.7 Å². The molecule has 0 spiro atoms. The van der Waals surface area contributed by atoms with Gasteiger partial charge in [-0.2, -0.15) is 0 Å². The second kappa shape index (κ2) is 7.91. The van der Waals surface area contributed by atoms with Crippen LogP contribution in [0.3, 0.4) is 0 Å². The minimum atomic E-state index is -0.591. The summed E-state index contributed by atoms with van der Waals surface area (Å²) >= 11 is 0. The quantitative estimate of drug-likeness (QED) is 0.487. The highest BCUT2D eigenvalue weighted by Crippen LogP contribution is 2.26. The summed E-state index contributed by atoms with van der Waals surface area (Å²) in [5.41, 5.74) is 2.75. The highest BCUT2D eigenvalue weighted by atomic mass is 16.5. The van der Waals surface area contributed by atoms with E-state index in [1.54, 1.807) is 29.7 Å². The second-order valence-electron chi connectivity index (χ2n) is 4.93. The van der Waals surface area contributed by atoms with Crippen molar-refractivity contribution in [3.05, 3.63) is 66.2 Å². The van der Waals surface area contributed by atoms with Gasteiger partial charge in [-0.3, -0.25) is 14.8 Å². The van der Waals surface area contributed by atoms with Crippen LogP contribution in [-0.2, 0) is 9.59 Å². The molecule has 0 atom stereocenters. The molecule has 2 aromatic rings. The molecular formula is C18H17NO4. The zero-order chi connectivity index (χ0) is 16.7. The molecule has 1 amide bonds. The van der Waals surface area contributed by atoms with Crippen LogP contribution < -0.4 is 10.2 Å². The molecule has 0 aliphatic carbocycles. The monoisotopic (exact) mass is 311 g/mol. The molecule has 0 saturated carbocycles. The fourth-order valence-corrected chi connectivity index (χ4v) is 2.08. The SMILES string of the molecule is CC(=O)C=C(CC(=O)NO)c1cccc(Oc2ccccc2)c1. The Morgan fingerprint density at radius 2 is 1.78 bits per heavy atom. The van der Waals surface area contributed by atoms with E-state index in [4.69, 9.17) is 9.94 Å². The van der Waals surface area contributed by atoms with E-state index in [0.29, 0.717) is 22.6 Å². The van der Waals surface area contributed by atoms with Crippen molar-refractivity contribution in [2.24, 2.45) is 0 Å². The van der Waals surface area contributed by atoms with Crippen molar-refractivity contribution >= 4 is 17.3 Å². The van der Waals surface area contributed by atoms with E-state index in [1.165, 1.54) is 13.0 Å². The van der Waals surface area contributed by atoms with Gasteiger partial charge in [0, 0.05) is 0 Å². The van der Waals surface area contributed by atoms with Crippen LogP contribution in [0.25, 0.3) is 5.57 Å². The summed E-state index contributed by atoms with van der Waals surface area (Å²) in [5, 5.41) is 8.68. The van der Waals surface area contributed by atoms with Crippen molar-refractivity contribution in [1.29, 1.82) is 0 Å². The third-order valence-electron chi connectivity index (χ3n) is 3.04. The third-order valence-corrected chi connectivity index (χ3v) is 3.04. The van der Waals surface area contributed by atoms with E-state index in [-0.39, 0.29) is 12.2 Å². The molecule has 0 saturated heterocycles. The van der Waals surface area contributed by atoms with Gasteiger partial charge >= 0.3 is 0 Å². The molecule has 2 rings (SSSR count). The van der Waals surface area contributed by atoms with Crippen LogP contribution >= 0.6 is 0 Å². The average molecular weight is 311 g/mol. The first-order valence-electron chi connectivity index (χ1n) is 7.06. The van der Waals surface area contributed by atoms with E-state index in [2.05, 4.69) is 0 Å². The third kappa shape index (κ3) is 5.09. The topological polar surface area (TPSA) is 75.6 Å². The molecule has 2 aromatic carbocycles. The number of para-hydroxylation sites is 1. The van der Waals surface area contributed by atoms with Gasteiger partial charge in [-0.25, -0.2) is 5.48 Å². The number of rotatable bonds is 6.